The summed E-state index contributed by atoms with van der Waals surface area (Å²) in [6.07, 6.45) is 3.25. The first kappa shape index (κ1) is 24.4. The molecule has 8 heteroatoms. The lowest BCUT2D eigenvalue weighted by atomic mass is 10.1. The number of aliphatic hydroxyl groups is 1. The number of rotatable bonds is 7. The summed E-state index contributed by atoms with van der Waals surface area (Å²) >= 11 is 7.28. The Morgan fingerprint density at radius 3 is 2.67 bits per heavy atom. The standard InChI is InChI=1S/C25H22ClNO5S/c1-4-12-32-19-11-10-16(13-18(19)26)14-20-22(28)21(25(30)31-5-2)24(33-20)27-23(29)17-9-7-6-8-15(17)3/h4,6-11,13-14,28H,1,5,12H2,2-3H3/b20-14-,27-24?. The van der Waals surface area contributed by atoms with E-state index >= 15 is 0 Å². The SMILES string of the molecule is C=CCOc1ccc(/C=C2\SC(=NC(=O)c3ccccc3C)C(C(=O)OCC)=C2O)cc1Cl. The zero-order chi connectivity index (χ0) is 24.0. The van der Waals surface area contributed by atoms with Crippen molar-refractivity contribution in [1.29, 1.82) is 0 Å². The van der Waals surface area contributed by atoms with E-state index in [1.807, 2.05) is 6.07 Å². The highest BCUT2D eigenvalue weighted by molar-refractivity contribution is 8.18. The lowest BCUT2D eigenvalue weighted by Crippen LogP contribution is -2.14. The van der Waals surface area contributed by atoms with Crippen LogP contribution in [0.5, 0.6) is 5.75 Å². The maximum Gasteiger partial charge on any atom is 0.344 e. The van der Waals surface area contributed by atoms with Crippen LogP contribution in [-0.4, -0.2) is 35.2 Å². The van der Waals surface area contributed by atoms with Gasteiger partial charge in [-0.2, -0.15) is 0 Å². The number of ether oxygens (including phenoxy) is 2. The molecule has 6 nitrogen and oxygen atoms in total. The van der Waals surface area contributed by atoms with Crippen LogP contribution in [0.15, 0.2) is 76.3 Å². The molecule has 0 saturated heterocycles. The highest BCUT2D eigenvalue weighted by Crippen LogP contribution is 2.40. The van der Waals surface area contributed by atoms with Gasteiger partial charge in [-0.25, -0.2) is 9.79 Å². The Labute approximate surface area is 201 Å². The van der Waals surface area contributed by atoms with E-state index in [-0.39, 0.29) is 23.0 Å². The second-order valence-electron chi connectivity index (χ2n) is 6.88. The molecule has 3 rings (SSSR count). The number of halogens is 1. The maximum atomic E-state index is 12.8. The molecule has 1 aliphatic rings. The van der Waals surface area contributed by atoms with E-state index < -0.39 is 11.9 Å². The molecular formula is C25H22ClNO5S. The molecule has 0 unspecified atom stereocenters. The summed E-state index contributed by atoms with van der Waals surface area (Å²) in [5.74, 6) is -1.08. The smallest absolute Gasteiger partial charge is 0.344 e. The van der Waals surface area contributed by atoms with Crippen molar-refractivity contribution in [2.24, 2.45) is 4.99 Å². The van der Waals surface area contributed by atoms with Crippen molar-refractivity contribution in [1.82, 2.24) is 0 Å². The predicted octanol–water partition coefficient (Wildman–Crippen LogP) is 5.92. The van der Waals surface area contributed by atoms with Crippen molar-refractivity contribution in [2.75, 3.05) is 13.2 Å². The molecule has 33 heavy (non-hydrogen) atoms. The van der Waals surface area contributed by atoms with Crippen molar-refractivity contribution in [2.45, 2.75) is 13.8 Å². The van der Waals surface area contributed by atoms with Gasteiger partial charge in [0.25, 0.3) is 5.91 Å². The minimum Gasteiger partial charge on any atom is -0.506 e. The third-order valence-electron chi connectivity index (χ3n) is 4.56. The first-order chi connectivity index (χ1) is 15.8. The number of carbonyl (C=O) groups excluding carboxylic acids is 2. The highest BCUT2D eigenvalue weighted by atomic mass is 35.5. The number of aryl methyl sites for hydroxylation is 1. The van der Waals surface area contributed by atoms with Gasteiger partial charge in [0.1, 0.15) is 28.7 Å². The monoisotopic (exact) mass is 483 g/mol. The molecule has 0 radical (unpaired) electrons. The van der Waals surface area contributed by atoms with E-state index in [0.717, 1.165) is 17.3 Å². The lowest BCUT2D eigenvalue weighted by molar-refractivity contribution is -0.138. The van der Waals surface area contributed by atoms with E-state index in [1.54, 1.807) is 62.4 Å². The second-order valence-corrected chi connectivity index (χ2v) is 8.32. The zero-order valence-corrected chi connectivity index (χ0v) is 19.7. The maximum absolute atomic E-state index is 12.8. The quantitative estimate of drug-likeness (QED) is 0.389. The highest BCUT2D eigenvalue weighted by Gasteiger charge is 2.34. The first-order valence-electron chi connectivity index (χ1n) is 10.1. The molecular weight excluding hydrogens is 462 g/mol. The average Bonchev–Trinajstić information content (AvgIpc) is 3.08. The molecule has 2 aromatic rings. The van der Waals surface area contributed by atoms with Crippen molar-refractivity contribution >= 4 is 46.4 Å². The van der Waals surface area contributed by atoms with Gasteiger partial charge in [-0.15, -0.1) is 0 Å². The zero-order valence-electron chi connectivity index (χ0n) is 18.1. The van der Waals surface area contributed by atoms with Crippen LogP contribution in [0.1, 0.15) is 28.4 Å². The Kier molecular flexibility index (Phi) is 8.14. The van der Waals surface area contributed by atoms with Crippen molar-refractivity contribution in [3.8, 4) is 5.75 Å². The number of thioether (sulfide) groups is 1. The van der Waals surface area contributed by atoms with E-state index in [1.165, 1.54) is 0 Å². The Morgan fingerprint density at radius 2 is 2.00 bits per heavy atom. The minimum atomic E-state index is -0.756. The van der Waals surface area contributed by atoms with Crippen molar-refractivity contribution in [3.63, 3.8) is 0 Å². The number of amides is 1. The Bertz CT molecular complexity index is 1200. The van der Waals surface area contributed by atoms with Crippen molar-refractivity contribution in [3.05, 3.63) is 93.1 Å². The van der Waals surface area contributed by atoms with Crippen molar-refractivity contribution < 1.29 is 24.2 Å². The number of hydrogen-bond acceptors (Lipinski definition) is 6. The van der Waals surface area contributed by atoms with Gasteiger partial charge in [-0.3, -0.25) is 4.79 Å². The van der Waals surface area contributed by atoms with Crippen LogP contribution in [0.3, 0.4) is 0 Å². The number of carbonyl (C=O) groups is 2. The van der Waals surface area contributed by atoms with Crippen LogP contribution in [0, 0.1) is 6.92 Å². The second kappa shape index (κ2) is 11.0. The fourth-order valence-corrected chi connectivity index (χ4v) is 4.24. The van der Waals surface area contributed by atoms with Crippen LogP contribution in [-0.2, 0) is 9.53 Å². The Hall–Kier alpha value is -3.29. The van der Waals surface area contributed by atoms with E-state index in [4.69, 9.17) is 21.1 Å². The summed E-state index contributed by atoms with van der Waals surface area (Å²) in [5.41, 5.74) is 1.68. The molecule has 1 amide bonds. The van der Waals surface area contributed by atoms with Gasteiger partial charge in [0, 0.05) is 5.56 Å². The van der Waals surface area contributed by atoms with Gasteiger partial charge >= 0.3 is 5.97 Å². The molecule has 0 aromatic heterocycles. The Morgan fingerprint density at radius 1 is 1.24 bits per heavy atom. The Balaban J connectivity index is 1.98. The topological polar surface area (TPSA) is 85.2 Å². The molecule has 2 aromatic carbocycles. The number of aliphatic hydroxyl groups excluding tert-OH is 1. The first-order valence-corrected chi connectivity index (χ1v) is 11.3. The van der Waals surface area contributed by atoms with Gasteiger partial charge in [-0.1, -0.05) is 60.3 Å². The van der Waals surface area contributed by atoms with Gasteiger partial charge in [0.05, 0.1) is 16.5 Å². The predicted molar refractivity (Wildman–Crippen MR) is 132 cm³/mol. The largest absolute Gasteiger partial charge is 0.506 e. The molecule has 0 spiro atoms. The molecule has 0 fully saturated rings. The van der Waals surface area contributed by atoms with Crippen LogP contribution >= 0.6 is 23.4 Å². The molecule has 0 atom stereocenters. The summed E-state index contributed by atoms with van der Waals surface area (Å²) in [4.78, 5) is 29.8. The summed E-state index contributed by atoms with van der Waals surface area (Å²) in [6, 6.07) is 12.1. The van der Waals surface area contributed by atoms with Gasteiger partial charge < -0.3 is 14.6 Å². The summed E-state index contributed by atoms with van der Waals surface area (Å²) < 4.78 is 10.5. The summed E-state index contributed by atoms with van der Waals surface area (Å²) in [7, 11) is 0. The van der Waals surface area contributed by atoms with Gasteiger partial charge in [0.2, 0.25) is 0 Å². The number of nitrogens with zero attached hydrogens (tertiary/aromatic N) is 1. The summed E-state index contributed by atoms with van der Waals surface area (Å²) in [6.45, 7) is 7.48. The number of benzene rings is 2. The van der Waals surface area contributed by atoms with Gasteiger partial charge in [0.15, 0.2) is 0 Å². The van der Waals surface area contributed by atoms with E-state index in [9.17, 15) is 14.7 Å². The third-order valence-corrected chi connectivity index (χ3v) is 5.87. The molecule has 0 saturated carbocycles. The fraction of sp³-hybridized carbons (Fsp3) is 0.160. The number of aliphatic imine (C=N–C) groups is 1. The molecule has 170 valence electrons. The lowest BCUT2D eigenvalue weighted by Gasteiger charge is -2.06. The fourth-order valence-electron chi connectivity index (χ4n) is 2.98. The molecule has 1 aliphatic heterocycles. The van der Waals surface area contributed by atoms with E-state index in [2.05, 4.69) is 11.6 Å². The number of hydrogen-bond donors (Lipinski definition) is 1. The van der Waals surface area contributed by atoms with Gasteiger partial charge in [-0.05, 0) is 49.2 Å². The van der Waals surface area contributed by atoms with Crippen LogP contribution < -0.4 is 4.74 Å². The van der Waals surface area contributed by atoms with Crippen LogP contribution in [0.25, 0.3) is 6.08 Å². The van der Waals surface area contributed by atoms with E-state index in [0.29, 0.717) is 33.4 Å². The van der Waals surface area contributed by atoms with Crippen LogP contribution in [0.4, 0.5) is 0 Å². The molecule has 1 N–H and O–H groups in total. The summed E-state index contributed by atoms with van der Waals surface area (Å²) in [5, 5.41) is 11.2. The average molecular weight is 484 g/mol. The van der Waals surface area contributed by atoms with Crippen LogP contribution in [0.2, 0.25) is 5.02 Å². The third kappa shape index (κ3) is 5.74. The molecule has 0 aliphatic carbocycles. The molecule has 1 heterocycles. The minimum absolute atomic E-state index is 0.0717. The normalized spacial score (nSPS) is 15.7. The number of esters is 1. The molecule has 0 bridgehead atoms.